The topological polar surface area (TPSA) is 103 Å². The average Bonchev–Trinajstić information content (AvgIpc) is 3.07. The number of thioether (sulfide) groups is 1. The van der Waals surface area contributed by atoms with Gasteiger partial charge in [-0.3, -0.25) is 0 Å². The molecule has 3 rings (SSSR count). The van der Waals surface area contributed by atoms with Crippen LogP contribution < -0.4 is 10.6 Å². The van der Waals surface area contributed by atoms with Crippen LogP contribution in [0.2, 0.25) is 5.02 Å². The first kappa shape index (κ1) is 22.4. The van der Waals surface area contributed by atoms with E-state index in [-0.39, 0.29) is 16.6 Å². The summed E-state index contributed by atoms with van der Waals surface area (Å²) in [5, 5.41) is 6.14. The van der Waals surface area contributed by atoms with Crippen molar-refractivity contribution in [2.24, 2.45) is 0 Å². The lowest BCUT2D eigenvalue weighted by Crippen LogP contribution is -2.28. The molecule has 0 aliphatic rings. The van der Waals surface area contributed by atoms with Crippen LogP contribution in [0.1, 0.15) is 16.6 Å². The molecule has 1 atom stereocenters. The van der Waals surface area contributed by atoms with Gasteiger partial charge in [-0.25, -0.2) is 17.8 Å². The van der Waals surface area contributed by atoms with Crippen molar-refractivity contribution in [3.05, 3.63) is 71.0 Å². The molecule has 0 bridgehead atoms. The molecule has 0 amide bonds. The van der Waals surface area contributed by atoms with E-state index in [9.17, 15) is 21.6 Å². The molecule has 0 fully saturated rings. The molecule has 2 aromatic carbocycles. The van der Waals surface area contributed by atoms with Crippen molar-refractivity contribution in [1.29, 1.82) is 0 Å². The fourth-order valence-corrected chi connectivity index (χ4v) is 4.74. The Balaban J connectivity index is 1.84. The zero-order valence-electron chi connectivity index (χ0n) is 15.0. The summed E-state index contributed by atoms with van der Waals surface area (Å²) >= 11 is 6.64. The monoisotopic (exact) mass is 477 g/mol. The number of sulfonamides is 1. The minimum Gasteiger partial charge on any atom is -0.335 e. The quantitative estimate of drug-likeness (QED) is 0.399. The normalized spacial score (nSPS) is 13.3. The summed E-state index contributed by atoms with van der Waals surface area (Å²) in [6.45, 7) is -0.131. The molecule has 0 spiro atoms. The lowest BCUT2D eigenvalue weighted by molar-refractivity contribution is -0.146. The van der Waals surface area contributed by atoms with Gasteiger partial charge in [0, 0.05) is 11.6 Å². The highest BCUT2D eigenvalue weighted by molar-refractivity contribution is 7.99. The second-order valence-electron chi connectivity index (χ2n) is 6.00. The van der Waals surface area contributed by atoms with E-state index in [0.717, 1.165) is 11.8 Å². The minimum atomic E-state index is -4.76. The van der Waals surface area contributed by atoms with Crippen LogP contribution in [0.5, 0.6) is 0 Å². The molecule has 0 saturated heterocycles. The second kappa shape index (κ2) is 8.84. The summed E-state index contributed by atoms with van der Waals surface area (Å²) < 4.78 is 66.7. The number of rotatable bonds is 7. The Morgan fingerprint density at radius 2 is 1.73 bits per heavy atom. The number of alkyl halides is 3. The Kier molecular flexibility index (Phi) is 6.60. The zero-order valence-corrected chi connectivity index (χ0v) is 17.4. The Morgan fingerprint density at radius 1 is 1.10 bits per heavy atom. The maximum atomic E-state index is 12.9. The first-order chi connectivity index (χ1) is 14.1. The maximum Gasteiger partial charge on any atom is 0.453 e. The van der Waals surface area contributed by atoms with Gasteiger partial charge in [0.1, 0.15) is 0 Å². The fourth-order valence-electron chi connectivity index (χ4n) is 2.46. The smallest absolute Gasteiger partial charge is 0.335 e. The van der Waals surface area contributed by atoms with E-state index < -0.39 is 27.3 Å². The van der Waals surface area contributed by atoms with E-state index >= 15 is 0 Å². The number of nitrogen functional groups attached to an aromatic ring is 1. The number of nitrogens with one attached hydrogen (secondary N) is 1. The van der Waals surface area contributed by atoms with Crippen molar-refractivity contribution in [1.82, 2.24) is 19.6 Å². The molecule has 160 valence electrons. The molecule has 0 unspecified atom stereocenters. The van der Waals surface area contributed by atoms with Crippen LogP contribution in [0.4, 0.5) is 13.2 Å². The van der Waals surface area contributed by atoms with Crippen molar-refractivity contribution in [3.8, 4) is 0 Å². The Hall–Kier alpha value is -2.28. The molecule has 0 radical (unpaired) electrons. The molecule has 3 N–H and O–H groups in total. The third-order valence-electron chi connectivity index (χ3n) is 3.92. The van der Waals surface area contributed by atoms with E-state index in [2.05, 4.69) is 14.9 Å². The highest BCUT2D eigenvalue weighted by Gasteiger charge is 2.38. The lowest BCUT2D eigenvalue weighted by atomic mass is 10.1. The Morgan fingerprint density at radius 3 is 2.30 bits per heavy atom. The number of benzene rings is 2. The average molecular weight is 478 g/mol. The summed E-state index contributed by atoms with van der Waals surface area (Å²) in [4.78, 5) is 0.00469. The summed E-state index contributed by atoms with van der Waals surface area (Å²) in [5.41, 5.74) is 0.665. The van der Waals surface area contributed by atoms with Crippen molar-refractivity contribution in [2.45, 2.75) is 21.5 Å². The van der Waals surface area contributed by atoms with Gasteiger partial charge in [0.05, 0.1) is 10.1 Å². The van der Waals surface area contributed by atoms with Crippen molar-refractivity contribution >= 4 is 33.4 Å². The highest BCUT2D eigenvalue weighted by Crippen LogP contribution is 2.36. The van der Waals surface area contributed by atoms with Crippen LogP contribution in [0.3, 0.4) is 0 Å². The molecular formula is C17H15ClF3N5O2S2. The SMILES string of the molecule is Nn1c(S[C@@H](CNS(=O)(=O)c2ccc(Cl)cc2)c2ccccc2)nnc1C(F)(F)F. The summed E-state index contributed by atoms with van der Waals surface area (Å²) in [7, 11) is -3.88. The van der Waals surface area contributed by atoms with Gasteiger partial charge < -0.3 is 5.84 Å². The van der Waals surface area contributed by atoms with Crippen LogP contribution in [0, 0.1) is 0 Å². The molecule has 1 heterocycles. The highest BCUT2D eigenvalue weighted by atomic mass is 35.5. The molecule has 1 aromatic heterocycles. The number of nitrogens with two attached hydrogens (primary N) is 1. The fraction of sp³-hybridized carbons (Fsp3) is 0.176. The van der Waals surface area contributed by atoms with Gasteiger partial charge in [-0.15, -0.1) is 10.2 Å². The molecular weight excluding hydrogens is 463 g/mol. The number of aromatic nitrogens is 3. The van der Waals surface area contributed by atoms with Crippen molar-refractivity contribution < 1.29 is 21.6 Å². The predicted molar refractivity (Wildman–Crippen MR) is 107 cm³/mol. The van der Waals surface area contributed by atoms with E-state index in [1.165, 1.54) is 24.3 Å². The third kappa shape index (κ3) is 5.25. The summed E-state index contributed by atoms with van der Waals surface area (Å²) in [5.74, 6) is 4.15. The van der Waals surface area contributed by atoms with Crippen LogP contribution in [0.25, 0.3) is 0 Å². The third-order valence-corrected chi connectivity index (χ3v) is 6.82. The predicted octanol–water partition coefficient (Wildman–Crippen LogP) is 3.48. The van der Waals surface area contributed by atoms with Gasteiger partial charge in [-0.1, -0.05) is 53.7 Å². The second-order valence-corrected chi connectivity index (χ2v) is 9.37. The first-order valence-corrected chi connectivity index (χ1v) is 11.1. The molecule has 7 nitrogen and oxygen atoms in total. The van der Waals surface area contributed by atoms with Gasteiger partial charge in [0.2, 0.25) is 15.2 Å². The lowest BCUT2D eigenvalue weighted by Gasteiger charge is -2.17. The van der Waals surface area contributed by atoms with Gasteiger partial charge in [0.15, 0.2) is 0 Å². The minimum absolute atomic E-state index is 0.00469. The van der Waals surface area contributed by atoms with Crippen LogP contribution in [-0.4, -0.2) is 29.8 Å². The zero-order chi connectivity index (χ0) is 21.9. The number of halogens is 4. The van der Waals surface area contributed by atoms with Gasteiger partial charge >= 0.3 is 6.18 Å². The molecule has 30 heavy (non-hydrogen) atoms. The largest absolute Gasteiger partial charge is 0.453 e. The molecule has 13 heteroatoms. The van der Waals surface area contributed by atoms with Gasteiger partial charge in [-0.2, -0.15) is 13.2 Å². The number of nitrogens with zero attached hydrogens (tertiary/aromatic N) is 3. The van der Waals surface area contributed by atoms with Crippen LogP contribution in [0.15, 0.2) is 64.6 Å². The molecule has 0 aliphatic carbocycles. The molecule has 3 aromatic rings. The number of hydrogen-bond acceptors (Lipinski definition) is 6. The van der Waals surface area contributed by atoms with Gasteiger partial charge in [0.25, 0.3) is 5.82 Å². The maximum absolute atomic E-state index is 12.9. The van der Waals surface area contributed by atoms with E-state index in [0.29, 0.717) is 15.3 Å². The standard InChI is InChI=1S/C17H15ClF3N5O2S2/c18-12-6-8-13(9-7-12)30(27,28)23-10-14(11-4-2-1-3-5-11)29-16-25-24-15(26(16)22)17(19,20)21/h1-9,14,23H,10,22H2/t14-/m0/s1. The molecule has 0 aliphatic heterocycles. The van der Waals surface area contributed by atoms with E-state index in [4.69, 9.17) is 17.4 Å². The number of hydrogen-bond donors (Lipinski definition) is 2. The van der Waals surface area contributed by atoms with E-state index in [1.807, 2.05) is 0 Å². The van der Waals surface area contributed by atoms with E-state index in [1.54, 1.807) is 30.3 Å². The van der Waals surface area contributed by atoms with Crippen molar-refractivity contribution in [2.75, 3.05) is 12.4 Å². The van der Waals surface area contributed by atoms with Crippen LogP contribution in [-0.2, 0) is 16.2 Å². The molecule has 0 saturated carbocycles. The first-order valence-electron chi connectivity index (χ1n) is 8.32. The Bertz CT molecular complexity index is 1110. The van der Waals surface area contributed by atoms with Crippen LogP contribution >= 0.6 is 23.4 Å². The summed E-state index contributed by atoms with van der Waals surface area (Å²) in [6.07, 6.45) is -4.76. The van der Waals surface area contributed by atoms with Crippen molar-refractivity contribution in [3.63, 3.8) is 0 Å². The Labute approximate surface area is 179 Å². The van der Waals surface area contributed by atoms with Gasteiger partial charge in [-0.05, 0) is 29.8 Å². The summed E-state index contributed by atoms with van der Waals surface area (Å²) in [6, 6.07) is 14.2.